The SMILES string of the molecule is COCCCN1CCOc2ccc(CO[C@H]3CNC[C@@H](OCC(=O)N(C(C)C)C(C)C)C3c3ccc(OC)cc3)cc21. The van der Waals surface area contributed by atoms with Crippen LogP contribution in [-0.2, 0) is 25.6 Å². The van der Waals surface area contributed by atoms with E-state index in [1.807, 2.05) is 50.8 Å². The highest BCUT2D eigenvalue weighted by Gasteiger charge is 2.37. The number of nitrogens with zero attached hydrogens (tertiary/aromatic N) is 2. The fraction of sp³-hybridized carbons (Fsp3) is 0.606. The second-order valence-electron chi connectivity index (χ2n) is 11.6. The van der Waals surface area contributed by atoms with Gasteiger partial charge in [-0.05, 0) is 69.5 Å². The van der Waals surface area contributed by atoms with Gasteiger partial charge in [0.2, 0.25) is 5.91 Å². The van der Waals surface area contributed by atoms with Gasteiger partial charge in [-0.15, -0.1) is 0 Å². The lowest BCUT2D eigenvalue weighted by Gasteiger charge is -2.39. The monoisotopic (exact) mass is 583 g/mol. The van der Waals surface area contributed by atoms with E-state index in [2.05, 4.69) is 34.5 Å². The van der Waals surface area contributed by atoms with Gasteiger partial charge in [0.1, 0.15) is 24.7 Å². The lowest BCUT2D eigenvalue weighted by molar-refractivity contribution is -0.144. The minimum atomic E-state index is -0.226. The van der Waals surface area contributed by atoms with Gasteiger partial charge in [-0.3, -0.25) is 4.79 Å². The molecule has 42 heavy (non-hydrogen) atoms. The van der Waals surface area contributed by atoms with Crippen LogP contribution in [0.15, 0.2) is 42.5 Å². The van der Waals surface area contributed by atoms with E-state index in [9.17, 15) is 4.79 Å². The summed E-state index contributed by atoms with van der Waals surface area (Å²) in [6.07, 6.45) is 0.586. The van der Waals surface area contributed by atoms with E-state index in [1.165, 1.54) is 0 Å². The van der Waals surface area contributed by atoms with Crippen molar-refractivity contribution in [1.82, 2.24) is 10.2 Å². The molecule has 1 unspecified atom stereocenters. The fourth-order valence-corrected chi connectivity index (χ4v) is 6.11. The van der Waals surface area contributed by atoms with E-state index in [0.29, 0.717) is 26.3 Å². The minimum Gasteiger partial charge on any atom is -0.497 e. The number of ether oxygens (including phenoxy) is 5. The second kappa shape index (κ2) is 15.6. The number of anilines is 1. The number of hydrogen-bond donors (Lipinski definition) is 1. The Balaban J connectivity index is 1.49. The molecule has 0 aromatic heterocycles. The van der Waals surface area contributed by atoms with Gasteiger partial charge < -0.3 is 38.8 Å². The second-order valence-corrected chi connectivity index (χ2v) is 11.6. The third kappa shape index (κ3) is 8.16. The average Bonchev–Trinajstić information content (AvgIpc) is 2.99. The lowest BCUT2D eigenvalue weighted by atomic mass is 9.85. The number of nitrogens with one attached hydrogen (secondary N) is 1. The third-order valence-electron chi connectivity index (χ3n) is 8.04. The molecule has 1 amide bonds. The Morgan fingerprint density at radius 3 is 2.40 bits per heavy atom. The highest BCUT2D eigenvalue weighted by molar-refractivity contribution is 5.78. The molecule has 3 atom stereocenters. The van der Waals surface area contributed by atoms with Crippen LogP contribution in [-0.4, -0.2) is 95.3 Å². The maximum absolute atomic E-state index is 13.1. The third-order valence-corrected chi connectivity index (χ3v) is 8.04. The Kier molecular flexibility index (Phi) is 11.9. The van der Waals surface area contributed by atoms with Crippen LogP contribution < -0.4 is 19.7 Å². The first-order chi connectivity index (χ1) is 20.3. The van der Waals surface area contributed by atoms with Crippen molar-refractivity contribution in [2.45, 2.75) is 70.9 Å². The molecule has 2 heterocycles. The smallest absolute Gasteiger partial charge is 0.249 e. The first-order valence-electron chi connectivity index (χ1n) is 15.2. The van der Waals surface area contributed by atoms with E-state index in [1.54, 1.807) is 14.2 Å². The number of fused-ring (bicyclic) bond motifs is 1. The number of benzene rings is 2. The quantitative estimate of drug-likeness (QED) is 0.331. The fourth-order valence-electron chi connectivity index (χ4n) is 6.11. The summed E-state index contributed by atoms with van der Waals surface area (Å²) < 4.78 is 29.6. The summed E-state index contributed by atoms with van der Waals surface area (Å²) in [5.41, 5.74) is 3.30. The van der Waals surface area contributed by atoms with Crippen LogP contribution in [0, 0.1) is 0 Å². The van der Waals surface area contributed by atoms with Crippen LogP contribution in [0.5, 0.6) is 11.5 Å². The molecule has 4 rings (SSSR count). The summed E-state index contributed by atoms with van der Waals surface area (Å²) in [7, 11) is 3.40. The lowest BCUT2D eigenvalue weighted by Crippen LogP contribution is -2.52. The summed E-state index contributed by atoms with van der Waals surface area (Å²) in [6.45, 7) is 13.2. The molecule has 0 saturated carbocycles. The van der Waals surface area contributed by atoms with E-state index in [0.717, 1.165) is 54.4 Å². The van der Waals surface area contributed by atoms with E-state index in [4.69, 9.17) is 23.7 Å². The summed E-state index contributed by atoms with van der Waals surface area (Å²) in [5.74, 6) is 1.66. The molecule has 232 valence electrons. The van der Waals surface area contributed by atoms with Gasteiger partial charge in [-0.1, -0.05) is 18.2 Å². The zero-order valence-electron chi connectivity index (χ0n) is 26.1. The molecule has 1 saturated heterocycles. The van der Waals surface area contributed by atoms with Crippen molar-refractivity contribution in [1.29, 1.82) is 0 Å². The Bertz CT molecular complexity index is 1120. The van der Waals surface area contributed by atoms with Crippen molar-refractivity contribution in [2.24, 2.45) is 0 Å². The van der Waals surface area contributed by atoms with Crippen LogP contribution in [0.1, 0.15) is 51.2 Å². The van der Waals surface area contributed by atoms with Crippen molar-refractivity contribution in [3.8, 4) is 11.5 Å². The maximum Gasteiger partial charge on any atom is 0.249 e. The predicted molar refractivity (Wildman–Crippen MR) is 165 cm³/mol. The molecule has 2 aliphatic rings. The number of piperidine rings is 1. The number of amides is 1. The van der Waals surface area contributed by atoms with Crippen LogP contribution in [0.4, 0.5) is 5.69 Å². The molecule has 0 bridgehead atoms. The van der Waals surface area contributed by atoms with Crippen molar-refractivity contribution in [3.63, 3.8) is 0 Å². The molecule has 2 aromatic carbocycles. The topological polar surface area (TPSA) is 81.7 Å². The first kappa shape index (κ1) is 32.1. The minimum absolute atomic E-state index is 0.00264. The first-order valence-corrected chi connectivity index (χ1v) is 15.2. The average molecular weight is 584 g/mol. The normalized spacial score (nSPS) is 20.4. The largest absolute Gasteiger partial charge is 0.497 e. The highest BCUT2D eigenvalue weighted by Crippen LogP contribution is 2.35. The Hall–Kier alpha value is -2.85. The summed E-state index contributed by atoms with van der Waals surface area (Å²) in [5, 5.41) is 3.49. The molecule has 0 radical (unpaired) electrons. The zero-order valence-corrected chi connectivity index (χ0v) is 26.1. The molecule has 1 fully saturated rings. The van der Waals surface area contributed by atoms with E-state index in [-0.39, 0.29) is 42.7 Å². The molecule has 1 N–H and O–H groups in total. The van der Waals surface area contributed by atoms with E-state index >= 15 is 0 Å². The number of carbonyl (C=O) groups excluding carboxylic acids is 1. The van der Waals surface area contributed by atoms with Crippen LogP contribution in [0.25, 0.3) is 0 Å². The molecule has 0 spiro atoms. The van der Waals surface area contributed by atoms with Gasteiger partial charge >= 0.3 is 0 Å². The van der Waals surface area contributed by atoms with Crippen molar-refractivity contribution < 1.29 is 28.5 Å². The zero-order chi connectivity index (χ0) is 30.1. The van der Waals surface area contributed by atoms with Gasteiger partial charge in [0.15, 0.2) is 0 Å². The summed E-state index contributed by atoms with van der Waals surface area (Å²) >= 11 is 0. The standard InChI is InChI=1S/C33H49N3O6/c1-23(2)36(24(3)4)32(37)22-42-31-20-34-19-30(33(31)26-9-11-27(39-6)12-10-26)41-21-25-8-13-29-28(18-25)35(15-17-40-29)14-7-16-38-5/h8-13,18,23-24,30-31,33-34H,7,14-17,19-22H2,1-6H3/t30-,31+,33?/m0/s1. The Morgan fingerprint density at radius 1 is 1.02 bits per heavy atom. The van der Waals surface area contributed by atoms with Crippen LogP contribution in [0.2, 0.25) is 0 Å². The predicted octanol–water partition coefficient (Wildman–Crippen LogP) is 4.23. The summed E-state index contributed by atoms with van der Waals surface area (Å²) in [4.78, 5) is 17.4. The molecular formula is C33H49N3O6. The van der Waals surface area contributed by atoms with Gasteiger partial charge in [0.05, 0.1) is 38.2 Å². The number of methoxy groups -OCH3 is 2. The van der Waals surface area contributed by atoms with Crippen LogP contribution in [0.3, 0.4) is 0 Å². The van der Waals surface area contributed by atoms with Crippen LogP contribution >= 0.6 is 0 Å². The number of carbonyl (C=O) groups is 1. The highest BCUT2D eigenvalue weighted by atomic mass is 16.5. The van der Waals surface area contributed by atoms with Gasteiger partial charge in [-0.2, -0.15) is 0 Å². The Morgan fingerprint density at radius 2 is 1.74 bits per heavy atom. The molecule has 9 nitrogen and oxygen atoms in total. The maximum atomic E-state index is 13.1. The van der Waals surface area contributed by atoms with E-state index < -0.39 is 0 Å². The molecule has 9 heteroatoms. The molecule has 0 aliphatic carbocycles. The van der Waals surface area contributed by atoms with Crippen molar-refractivity contribution in [3.05, 3.63) is 53.6 Å². The number of hydrogen-bond acceptors (Lipinski definition) is 8. The van der Waals surface area contributed by atoms with Crippen molar-refractivity contribution in [2.75, 3.05) is 65.1 Å². The van der Waals surface area contributed by atoms with Gasteiger partial charge in [-0.25, -0.2) is 0 Å². The van der Waals surface area contributed by atoms with Gasteiger partial charge in [0, 0.05) is 51.4 Å². The number of rotatable bonds is 14. The van der Waals surface area contributed by atoms with Crippen molar-refractivity contribution >= 4 is 11.6 Å². The van der Waals surface area contributed by atoms with Gasteiger partial charge in [0.25, 0.3) is 0 Å². The molecule has 2 aromatic rings. The Labute approximate surface area is 251 Å². The molecular weight excluding hydrogens is 534 g/mol. The molecule has 2 aliphatic heterocycles. The summed E-state index contributed by atoms with van der Waals surface area (Å²) in [6, 6.07) is 14.6.